The molecule has 4 nitrogen and oxygen atoms in total. The lowest BCUT2D eigenvalue weighted by molar-refractivity contribution is 0.441. The van der Waals surface area contributed by atoms with Gasteiger partial charge in [-0.3, -0.25) is 0 Å². The molecule has 0 fully saturated rings. The minimum absolute atomic E-state index is 0.0713. The van der Waals surface area contributed by atoms with Gasteiger partial charge < -0.3 is 9.52 Å². The van der Waals surface area contributed by atoms with E-state index in [1.165, 1.54) is 0 Å². The average Bonchev–Trinajstić information content (AvgIpc) is 2.58. The van der Waals surface area contributed by atoms with Crippen molar-refractivity contribution in [1.82, 2.24) is 4.98 Å². The first-order chi connectivity index (χ1) is 10.7. The maximum Gasteiger partial charge on any atom is 0.344 e. The van der Waals surface area contributed by atoms with Gasteiger partial charge in [0.15, 0.2) is 11.5 Å². The molecule has 4 rings (SSSR count). The van der Waals surface area contributed by atoms with Gasteiger partial charge >= 0.3 is 5.63 Å². The SMILES string of the molecule is O=c1oc(-c2ccc3ccccc3n2)c(O)c2ccccc12. The molecule has 0 radical (unpaired) electrons. The number of fused-ring (bicyclic) bond motifs is 2. The number of aromatic hydroxyl groups is 1. The minimum Gasteiger partial charge on any atom is -0.504 e. The number of aromatic nitrogens is 1. The van der Waals surface area contributed by atoms with Gasteiger partial charge in [-0.1, -0.05) is 42.5 Å². The van der Waals surface area contributed by atoms with Gasteiger partial charge in [0.25, 0.3) is 0 Å². The van der Waals surface area contributed by atoms with Crippen molar-refractivity contribution in [2.45, 2.75) is 0 Å². The van der Waals surface area contributed by atoms with Crippen LogP contribution in [0.1, 0.15) is 0 Å². The highest BCUT2D eigenvalue weighted by Crippen LogP contribution is 2.33. The van der Waals surface area contributed by atoms with Crippen LogP contribution in [0.3, 0.4) is 0 Å². The third-order valence-electron chi connectivity index (χ3n) is 3.64. The number of rotatable bonds is 1. The predicted octanol–water partition coefficient (Wildman–Crippen LogP) is 3.71. The van der Waals surface area contributed by atoms with E-state index in [2.05, 4.69) is 4.98 Å². The molecule has 0 atom stereocenters. The Bertz CT molecular complexity index is 1070. The van der Waals surface area contributed by atoms with Crippen LogP contribution in [0.5, 0.6) is 5.75 Å². The fraction of sp³-hybridized carbons (Fsp3) is 0. The van der Waals surface area contributed by atoms with Gasteiger partial charge in [0.1, 0.15) is 5.69 Å². The molecule has 0 saturated carbocycles. The minimum atomic E-state index is -0.488. The first kappa shape index (κ1) is 12.6. The zero-order valence-corrected chi connectivity index (χ0v) is 11.5. The molecule has 106 valence electrons. The second-order valence-corrected chi connectivity index (χ2v) is 5.00. The van der Waals surface area contributed by atoms with Crippen LogP contribution >= 0.6 is 0 Å². The number of hydrogen-bond donors (Lipinski definition) is 1. The lowest BCUT2D eigenvalue weighted by atomic mass is 10.1. The Balaban J connectivity index is 2.03. The van der Waals surface area contributed by atoms with E-state index in [1.807, 2.05) is 30.3 Å². The zero-order chi connectivity index (χ0) is 15.1. The second kappa shape index (κ2) is 4.70. The second-order valence-electron chi connectivity index (χ2n) is 5.00. The van der Waals surface area contributed by atoms with E-state index in [0.29, 0.717) is 16.5 Å². The van der Waals surface area contributed by atoms with Gasteiger partial charge in [-0.25, -0.2) is 9.78 Å². The van der Waals surface area contributed by atoms with Crippen molar-refractivity contribution in [1.29, 1.82) is 0 Å². The maximum atomic E-state index is 12.1. The summed E-state index contributed by atoms with van der Waals surface area (Å²) in [5, 5.41) is 12.2. The summed E-state index contributed by atoms with van der Waals surface area (Å²) in [6.45, 7) is 0. The summed E-state index contributed by atoms with van der Waals surface area (Å²) in [5.74, 6) is 0.0208. The van der Waals surface area contributed by atoms with Gasteiger partial charge in [0.05, 0.1) is 10.9 Å². The summed E-state index contributed by atoms with van der Waals surface area (Å²) in [5.41, 5.74) is 0.715. The van der Waals surface area contributed by atoms with Gasteiger partial charge in [-0.2, -0.15) is 0 Å². The molecule has 4 aromatic rings. The first-order valence-corrected chi connectivity index (χ1v) is 6.85. The topological polar surface area (TPSA) is 63.3 Å². The molecule has 0 aliphatic rings. The molecule has 0 aliphatic carbocycles. The van der Waals surface area contributed by atoms with Crippen molar-refractivity contribution in [3.05, 3.63) is 71.1 Å². The largest absolute Gasteiger partial charge is 0.504 e. The monoisotopic (exact) mass is 289 g/mol. The summed E-state index contributed by atoms with van der Waals surface area (Å²) in [7, 11) is 0. The quantitative estimate of drug-likeness (QED) is 0.580. The molecule has 2 heterocycles. The molecule has 0 unspecified atom stereocenters. The van der Waals surface area contributed by atoms with Crippen LogP contribution in [-0.4, -0.2) is 10.1 Å². The van der Waals surface area contributed by atoms with E-state index >= 15 is 0 Å². The molecule has 0 bridgehead atoms. The van der Waals surface area contributed by atoms with E-state index in [0.717, 1.165) is 10.9 Å². The number of para-hydroxylation sites is 1. The van der Waals surface area contributed by atoms with E-state index < -0.39 is 5.63 Å². The Kier molecular flexibility index (Phi) is 2.69. The van der Waals surface area contributed by atoms with Crippen molar-refractivity contribution < 1.29 is 9.52 Å². The standard InChI is InChI=1S/C18H11NO3/c20-16-12-6-2-3-7-13(12)18(21)22-17(16)15-10-9-11-5-1-4-8-14(11)19-15/h1-10,20H. The molecule has 1 N–H and O–H groups in total. The molecule has 0 saturated heterocycles. The molecule has 4 heteroatoms. The molecular weight excluding hydrogens is 278 g/mol. The van der Waals surface area contributed by atoms with Crippen LogP contribution in [0.15, 0.2) is 69.9 Å². The summed E-state index contributed by atoms with van der Waals surface area (Å²) < 4.78 is 5.29. The van der Waals surface area contributed by atoms with Crippen molar-refractivity contribution in [2.75, 3.05) is 0 Å². The molecular formula is C18H11NO3. The predicted molar refractivity (Wildman–Crippen MR) is 84.9 cm³/mol. The highest BCUT2D eigenvalue weighted by atomic mass is 16.4. The number of benzene rings is 2. The Labute approximate surface area is 125 Å². The Morgan fingerprint density at radius 2 is 1.59 bits per heavy atom. The molecule has 0 amide bonds. The van der Waals surface area contributed by atoms with E-state index in [-0.39, 0.29) is 11.5 Å². The van der Waals surface area contributed by atoms with Crippen molar-refractivity contribution in [3.63, 3.8) is 0 Å². The first-order valence-electron chi connectivity index (χ1n) is 6.85. The highest BCUT2D eigenvalue weighted by Gasteiger charge is 2.15. The van der Waals surface area contributed by atoms with E-state index in [9.17, 15) is 9.90 Å². The average molecular weight is 289 g/mol. The molecule has 0 aliphatic heterocycles. The summed E-state index contributed by atoms with van der Waals surface area (Å²) >= 11 is 0. The normalized spacial score (nSPS) is 11.1. The third-order valence-corrected chi connectivity index (χ3v) is 3.64. The number of nitrogens with zero attached hydrogens (tertiary/aromatic N) is 1. The van der Waals surface area contributed by atoms with Crippen molar-refractivity contribution in [2.24, 2.45) is 0 Å². The van der Waals surface area contributed by atoms with Crippen LogP contribution in [0.2, 0.25) is 0 Å². The zero-order valence-electron chi connectivity index (χ0n) is 11.5. The number of hydrogen-bond acceptors (Lipinski definition) is 4. The lowest BCUT2D eigenvalue weighted by Gasteiger charge is -2.06. The van der Waals surface area contributed by atoms with Crippen molar-refractivity contribution in [3.8, 4) is 17.2 Å². The Hall–Kier alpha value is -3.14. The van der Waals surface area contributed by atoms with Crippen LogP contribution < -0.4 is 5.63 Å². The molecule has 0 spiro atoms. The smallest absolute Gasteiger partial charge is 0.344 e. The van der Waals surface area contributed by atoms with Gasteiger partial charge in [-0.15, -0.1) is 0 Å². The fourth-order valence-electron chi connectivity index (χ4n) is 2.55. The van der Waals surface area contributed by atoms with E-state index in [1.54, 1.807) is 30.3 Å². The third kappa shape index (κ3) is 1.85. The Morgan fingerprint density at radius 3 is 2.45 bits per heavy atom. The summed E-state index contributed by atoms with van der Waals surface area (Å²) in [6.07, 6.45) is 0. The van der Waals surface area contributed by atoms with Crippen molar-refractivity contribution >= 4 is 21.7 Å². The Morgan fingerprint density at radius 1 is 0.864 bits per heavy atom. The highest BCUT2D eigenvalue weighted by molar-refractivity contribution is 5.91. The van der Waals surface area contributed by atoms with Crippen LogP contribution in [0, 0.1) is 0 Å². The van der Waals surface area contributed by atoms with Gasteiger partial charge in [0, 0.05) is 10.8 Å². The maximum absolute atomic E-state index is 12.1. The fourth-order valence-corrected chi connectivity index (χ4v) is 2.55. The van der Waals surface area contributed by atoms with Crippen LogP contribution in [-0.2, 0) is 0 Å². The van der Waals surface area contributed by atoms with Gasteiger partial charge in [0.2, 0.25) is 0 Å². The molecule has 22 heavy (non-hydrogen) atoms. The van der Waals surface area contributed by atoms with Gasteiger partial charge in [-0.05, 0) is 18.2 Å². The van der Waals surface area contributed by atoms with Crippen LogP contribution in [0.4, 0.5) is 0 Å². The summed E-state index contributed by atoms with van der Waals surface area (Å²) in [4.78, 5) is 16.5. The summed E-state index contributed by atoms with van der Waals surface area (Å²) in [6, 6.07) is 18.0. The molecule has 2 aromatic carbocycles. The number of pyridine rings is 1. The van der Waals surface area contributed by atoms with E-state index in [4.69, 9.17) is 4.42 Å². The molecule has 2 aromatic heterocycles. The van der Waals surface area contributed by atoms with Crippen LogP contribution in [0.25, 0.3) is 33.1 Å². The lowest BCUT2D eigenvalue weighted by Crippen LogP contribution is -2.01.